The van der Waals surface area contributed by atoms with Crippen LogP contribution in [0, 0.1) is 0 Å². The quantitative estimate of drug-likeness (QED) is 0.927. The molecule has 1 saturated heterocycles. The van der Waals surface area contributed by atoms with E-state index in [1.807, 2.05) is 0 Å². The lowest BCUT2D eigenvalue weighted by atomic mass is 9.93. The van der Waals surface area contributed by atoms with Crippen LogP contribution in [0.3, 0.4) is 0 Å². The van der Waals surface area contributed by atoms with E-state index in [4.69, 9.17) is 21.1 Å². The van der Waals surface area contributed by atoms with E-state index in [2.05, 4.69) is 18.3 Å². The number of piperidine rings is 1. The van der Waals surface area contributed by atoms with Gasteiger partial charge in [0.25, 0.3) is 0 Å². The van der Waals surface area contributed by atoms with E-state index in [1.54, 1.807) is 0 Å². The standard InChI is InChI=1S/C16H22ClNO2/c1-2-13-11(9-12-5-3-4-6-18-12)10-14(17)16-15(13)19-7-8-20-16/h10,12,18H,2-9H2,1H3. The lowest BCUT2D eigenvalue weighted by Gasteiger charge is -2.27. The van der Waals surface area contributed by atoms with Crippen LogP contribution < -0.4 is 14.8 Å². The zero-order chi connectivity index (χ0) is 13.9. The first kappa shape index (κ1) is 14.0. The van der Waals surface area contributed by atoms with Crippen LogP contribution >= 0.6 is 11.6 Å². The summed E-state index contributed by atoms with van der Waals surface area (Å²) in [5, 5.41) is 4.29. The second kappa shape index (κ2) is 6.23. The molecule has 0 aliphatic carbocycles. The fraction of sp³-hybridized carbons (Fsp3) is 0.625. The maximum Gasteiger partial charge on any atom is 0.180 e. The van der Waals surface area contributed by atoms with Crippen LogP contribution in [-0.4, -0.2) is 25.8 Å². The van der Waals surface area contributed by atoms with E-state index in [1.165, 1.54) is 30.4 Å². The van der Waals surface area contributed by atoms with Crippen molar-refractivity contribution in [1.29, 1.82) is 0 Å². The Morgan fingerprint density at radius 3 is 2.75 bits per heavy atom. The van der Waals surface area contributed by atoms with Crippen molar-refractivity contribution in [1.82, 2.24) is 5.32 Å². The zero-order valence-electron chi connectivity index (χ0n) is 12.0. The third-order valence-electron chi connectivity index (χ3n) is 4.19. The van der Waals surface area contributed by atoms with Crippen molar-refractivity contribution in [3.05, 3.63) is 22.2 Å². The summed E-state index contributed by atoms with van der Waals surface area (Å²) in [5.41, 5.74) is 2.57. The van der Waals surface area contributed by atoms with Crippen molar-refractivity contribution in [2.45, 2.75) is 45.1 Å². The van der Waals surface area contributed by atoms with Gasteiger partial charge in [0, 0.05) is 11.6 Å². The van der Waals surface area contributed by atoms with Crippen molar-refractivity contribution in [3.63, 3.8) is 0 Å². The average Bonchev–Trinajstić information content (AvgIpc) is 2.49. The van der Waals surface area contributed by atoms with Crippen molar-refractivity contribution >= 4 is 11.6 Å². The Morgan fingerprint density at radius 2 is 2.05 bits per heavy atom. The minimum atomic E-state index is 0.563. The van der Waals surface area contributed by atoms with E-state index in [0.29, 0.717) is 24.3 Å². The number of nitrogens with one attached hydrogen (secondary N) is 1. The summed E-state index contributed by atoms with van der Waals surface area (Å²) in [5.74, 6) is 1.60. The molecule has 1 aromatic carbocycles. The molecule has 2 aliphatic heterocycles. The van der Waals surface area contributed by atoms with E-state index in [-0.39, 0.29) is 0 Å². The molecular formula is C16H22ClNO2. The van der Waals surface area contributed by atoms with E-state index >= 15 is 0 Å². The Bertz CT molecular complexity index is 484. The predicted molar refractivity (Wildman–Crippen MR) is 81.2 cm³/mol. The number of hydrogen-bond donors (Lipinski definition) is 1. The highest BCUT2D eigenvalue weighted by Crippen LogP contribution is 2.42. The summed E-state index contributed by atoms with van der Waals surface area (Å²) in [6, 6.07) is 2.64. The first-order chi connectivity index (χ1) is 9.79. The summed E-state index contributed by atoms with van der Waals surface area (Å²) in [6.45, 7) is 4.49. The number of ether oxygens (including phenoxy) is 2. The molecular weight excluding hydrogens is 274 g/mol. The summed E-state index contributed by atoms with van der Waals surface area (Å²) in [6.07, 6.45) is 5.83. The van der Waals surface area contributed by atoms with E-state index in [0.717, 1.165) is 30.9 Å². The Balaban J connectivity index is 1.91. The molecule has 1 N–H and O–H groups in total. The molecule has 0 amide bonds. The average molecular weight is 296 g/mol. The third-order valence-corrected chi connectivity index (χ3v) is 4.47. The Morgan fingerprint density at radius 1 is 1.25 bits per heavy atom. The van der Waals surface area contributed by atoms with Gasteiger partial charge >= 0.3 is 0 Å². The molecule has 4 heteroatoms. The normalized spacial score (nSPS) is 21.8. The number of benzene rings is 1. The van der Waals surface area contributed by atoms with Gasteiger partial charge in [-0.15, -0.1) is 0 Å². The first-order valence-corrected chi connectivity index (χ1v) is 8.00. The van der Waals surface area contributed by atoms with E-state index < -0.39 is 0 Å². The Labute approximate surface area is 125 Å². The number of rotatable bonds is 3. The van der Waals surface area contributed by atoms with Crippen molar-refractivity contribution in [2.75, 3.05) is 19.8 Å². The largest absolute Gasteiger partial charge is 0.486 e. The molecule has 0 saturated carbocycles. The zero-order valence-corrected chi connectivity index (χ0v) is 12.8. The maximum absolute atomic E-state index is 6.37. The predicted octanol–water partition coefficient (Wildman–Crippen LogP) is 3.36. The molecule has 1 atom stereocenters. The van der Waals surface area contributed by atoms with Crippen molar-refractivity contribution in [3.8, 4) is 11.5 Å². The van der Waals surface area contributed by atoms with Gasteiger partial charge in [-0.05, 0) is 43.9 Å². The van der Waals surface area contributed by atoms with Crippen LogP contribution in [0.2, 0.25) is 5.02 Å². The molecule has 1 unspecified atom stereocenters. The van der Waals surface area contributed by atoms with Gasteiger partial charge in [0.2, 0.25) is 0 Å². The first-order valence-electron chi connectivity index (χ1n) is 7.62. The molecule has 3 rings (SSSR count). The molecule has 3 nitrogen and oxygen atoms in total. The monoisotopic (exact) mass is 295 g/mol. The minimum Gasteiger partial charge on any atom is -0.486 e. The molecule has 2 aliphatic rings. The second-order valence-corrected chi connectivity index (χ2v) is 5.96. The van der Waals surface area contributed by atoms with Gasteiger partial charge < -0.3 is 14.8 Å². The molecule has 110 valence electrons. The van der Waals surface area contributed by atoms with Crippen molar-refractivity contribution in [2.24, 2.45) is 0 Å². The van der Waals surface area contributed by atoms with Crippen LogP contribution in [0.5, 0.6) is 11.5 Å². The van der Waals surface area contributed by atoms with Gasteiger partial charge in [0.15, 0.2) is 11.5 Å². The molecule has 1 aromatic rings. The lowest BCUT2D eigenvalue weighted by molar-refractivity contribution is 0.170. The molecule has 1 fully saturated rings. The number of hydrogen-bond acceptors (Lipinski definition) is 3. The topological polar surface area (TPSA) is 30.5 Å². The van der Waals surface area contributed by atoms with Gasteiger partial charge in [-0.2, -0.15) is 0 Å². The van der Waals surface area contributed by atoms with Gasteiger partial charge in [0.1, 0.15) is 13.2 Å². The summed E-state index contributed by atoms with van der Waals surface area (Å²) >= 11 is 6.37. The van der Waals surface area contributed by atoms with Gasteiger partial charge in [0.05, 0.1) is 5.02 Å². The van der Waals surface area contributed by atoms with Gasteiger partial charge in [-0.3, -0.25) is 0 Å². The second-order valence-electron chi connectivity index (χ2n) is 5.56. The van der Waals surface area contributed by atoms with Gasteiger partial charge in [-0.1, -0.05) is 24.9 Å². The van der Waals surface area contributed by atoms with Crippen molar-refractivity contribution < 1.29 is 9.47 Å². The van der Waals surface area contributed by atoms with Crippen LogP contribution in [0.4, 0.5) is 0 Å². The van der Waals surface area contributed by atoms with Crippen LogP contribution in [-0.2, 0) is 12.8 Å². The molecule has 20 heavy (non-hydrogen) atoms. The molecule has 0 spiro atoms. The Hall–Kier alpha value is -0.930. The number of halogens is 1. The highest BCUT2D eigenvalue weighted by Gasteiger charge is 2.23. The summed E-state index contributed by atoms with van der Waals surface area (Å²) in [7, 11) is 0. The fourth-order valence-corrected chi connectivity index (χ4v) is 3.48. The van der Waals surface area contributed by atoms with Crippen LogP contribution in [0.15, 0.2) is 6.07 Å². The maximum atomic E-state index is 6.37. The number of fused-ring (bicyclic) bond motifs is 1. The molecule has 0 aromatic heterocycles. The molecule has 0 radical (unpaired) electrons. The molecule has 0 bridgehead atoms. The fourth-order valence-electron chi connectivity index (χ4n) is 3.20. The van der Waals surface area contributed by atoms with Gasteiger partial charge in [-0.25, -0.2) is 0 Å². The Kier molecular flexibility index (Phi) is 4.37. The molecule has 2 heterocycles. The summed E-state index contributed by atoms with van der Waals surface area (Å²) < 4.78 is 11.5. The highest BCUT2D eigenvalue weighted by atomic mass is 35.5. The lowest BCUT2D eigenvalue weighted by Crippen LogP contribution is -2.35. The third kappa shape index (κ3) is 2.75. The minimum absolute atomic E-state index is 0.563. The van der Waals surface area contributed by atoms with E-state index in [9.17, 15) is 0 Å². The summed E-state index contributed by atoms with van der Waals surface area (Å²) in [4.78, 5) is 0. The smallest absolute Gasteiger partial charge is 0.180 e. The highest BCUT2D eigenvalue weighted by molar-refractivity contribution is 6.32. The van der Waals surface area contributed by atoms with Crippen LogP contribution in [0.1, 0.15) is 37.3 Å². The van der Waals surface area contributed by atoms with Crippen LogP contribution in [0.25, 0.3) is 0 Å². The SMILES string of the molecule is CCc1c(CC2CCCCN2)cc(Cl)c2c1OCCO2.